The minimum atomic E-state index is -0.529. The number of nitrogens with zero attached hydrogens (tertiary/aromatic N) is 4. The van der Waals surface area contributed by atoms with E-state index >= 15 is 0 Å². The second-order valence-electron chi connectivity index (χ2n) is 11.1. The molecule has 1 aliphatic carbocycles. The molecule has 2 aliphatic rings. The highest BCUT2D eigenvalue weighted by atomic mass is 127. The van der Waals surface area contributed by atoms with Gasteiger partial charge in [0.2, 0.25) is 0 Å². The Kier molecular flexibility index (Phi) is 8.21. The number of aryl methyl sites for hydroxylation is 1. The third kappa shape index (κ3) is 5.64. The molecular weight excluding hydrogens is 727 g/mol. The number of non-ortho nitro benzene ring substituents is 1. The van der Waals surface area contributed by atoms with E-state index in [1.54, 1.807) is 29.9 Å². The van der Waals surface area contributed by atoms with Crippen molar-refractivity contribution < 1.29 is 14.4 Å². The van der Waals surface area contributed by atoms with Crippen molar-refractivity contribution in [3.63, 3.8) is 0 Å². The van der Waals surface area contributed by atoms with Gasteiger partial charge in [0.15, 0.2) is 16.3 Å². The van der Waals surface area contributed by atoms with Gasteiger partial charge in [0.25, 0.3) is 11.2 Å². The number of nitro benzene ring substituents is 1. The second-order valence-corrected chi connectivity index (χ2v) is 13.2. The van der Waals surface area contributed by atoms with Crippen LogP contribution in [0.25, 0.3) is 11.8 Å². The zero-order valence-corrected chi connectivity index (χ0v) is 27.9. The van der Waals surface area contributed by atoms with Crippen LogP contribution in [0.15, 0.2) is 100 Å². The first-order chi connectivity index (χ1) is 22.9. The molecule has 232 valence electrons. The van der Waals surface area contributed by atoms with Gasteiger partial charge in [0, 0.05) is 23.3 Å². The number of nitriles is 1. The number of fused-ring (bicyclic) bond motifs is 3. The summed E-state index contributed by atoms with van der Waals surface area (Å²) in [5.41, 5.74) is 6.47. The summed E-state index contributed by atoms with van der Waals surface area (Å²) < 4.78 is 14.7. The fourth-order valence-corrected chi connectivity index (χ4v) is 7.93. The SMILES string of the molecule is COc1cc(/C=c2\sc3n(c2=O)[C@@H](c2cccc([N+](=O)[O-])c2)C2=C(N=3)c3ccccc3CC2)cc(I)c1OCc1ccccc1C#N. The molecule has 4 aromatic carbocycles. The maximum atomic E-state index is 14.2. The number of thiazole rings is 1. The van der Waals surface area contributed by atoms with Gasteiger partial charge in [-0.15, -0.1) is 0 Å². The summed E-state index contributed by atoms with van der Waals surface area (Å²) in [5.74, 6) is 1.03. The van der Waals surface area contributed by atoms with Gasteiger partial charge < -0.3 is 9.47 Å². The van der Waals surface area contributed by atoms with Crippen LogP contribution in [-0.2, 0) is 13.0 Å². The van der Waals surface area contributed by atoms with E-state index in [1.807, 2.05) is 60.7 Å². The van der Waals surface area contributed by atoms with Crippen LogP contribution in [-0.4, -0.2) is 16.6 Å². The lowest BCUT2D eigenvalue weighted by atomic mass is 9.83. The zero-order chi connectivity index (χ0) is 32.7. The van der Waals surface area contributed by atoms with E-state index in [2.05, 4.69) is 34.7 Å². The predicted octanol–water partition coefficient (Wildman–Crippen LogP) is 6.29. The molecule has 0 unspecified atom stereocenters. The molecule has 47 heavy (non-hydrogen) atoms. The Morgan fingerprint density at radius 1 is 1.11 bits per heavy atom. The van der Waals surface area contributed by atoms with E-state index in [-0.39, 0.29) is 17.9 Å². The molecule has 0 saturated carbocycles. The molecule has 0 spiro atoms. The molecular formula is C36H25IN4O5S. The van der Waals surface area contributed by atoms with Gasteiger partial charge >= 0.3 is 0 Å². The highest BCUT2D eigenvalue weighted by molar-refractivity contribution is 14.1. The standard InChI is InChI=1S/C36H25IN4O5S/c1-45-30-16-21(15-29(37)34(30)46-20-25-9-3-2-8-24(25)19-38)17-31-35(42)40-33(23-10-6-11-26(18-23)41(43)44)28-14-13-22-7-4-5-12-27(22)32(28)39-36(40)47-31/h2-12,15-18,33H,13-14,20H2,1H3/b31-17-/t33-/m0/s1. The number of benzene rings is 4. The molecule has 5 aromatic rings. The van der Waals surface area contributed by atoms with Crippen molar-refractivity contribution in [2.75, 3.05) is 7.11 Å². The van der Waals surface area contributed by atoms with Gasteiger partial charge in [0.1, 0.15) is 6.61 Å². The van der Waals surface area contributed by atoms with Crippen molar-refractivity contribution in [3.8, 4) is 17.6 Å². The van der Waals surface area contributed by atoms with Crippen molar-refractivity contribution >= 4 is 51.4 Å². The first kappa shape index (κ1) is 30.6. The van der Waals surface area contributed by atoms with Crippen LogP contribution in [0.1, 0.15) is 45.8 Å². The third-order valence-corrected chi connectivity index (χ3v) is 10.1. The number of halogens is 1. The number of aromatic nitrogens is 1. The molecule has 1 aliphatic heterocycles. The van der Waals surface area contributed by atoms with Crippen molar-refractivity contribution in [1.82, 2.24) is 4.57 Å². The Balaban J connectivity index is 1.34. The van der Waals surface area contributed by atoms with Gasteiger partial charge in [-0.2, -0.15) is 5.26 Å². The monoisotopic (exact) mass is 752 g/mol. The summed E-state index contributed by atoms with van der Waals surface area (Å²) in [7, 11) is 1.56. The Bertz CT molecular complexity index is 2350. The first-order valence-electron chi connectivity index (χ1n) is 14.7. The molecule has 0 bridgehead atoms. The maximum absolute atomic E-state index is 14.2. The van der Waals surface area contributed by atoms with Crippen LogP contribution < -0.4 is 24.4 Å². The summed E-state index contributed by atoms with van der Waals surface area (Å²) in [6.07, 6.45) is 3.28. The summed E-state index contributed by atoms with van der Waals surface area (Å²) >= 11 is 3.46. The highest BCUT2D eigenvalue weighted by Crippen LogP contribution is 2.42. The molecule has 0 amide bonds. The Morgan fingerprint density at radius 3 is 2.72 bits per heavy atom. The molecule has 0 saturated heterocycles. The first-order valence-corrected chi connectivity index (χ1v) is 16.6. The van der Waals surface area contributed by atoms with Gasteiger partial charge in [-0.1, -0.05) is 65.9 Å². The maximum Gasteiger partial charge on any atom is 0.271 e. The minimum Gasteiger partial charge on any atom is -0.493 e. The van der Waals surface area contributed by atoms with Crippen LogP contribution in [0.2, 0.25) is 0 Å². The highest BCUT2D eigenvalue weighted by Gasteiger charge is 2.33. The zero-order valence-electron chi connectivity index (χ0n) is 25.0. The van der Waals surface area contributed by atoms with Gasteiger partial charge in [-0.05, 0) is 82.0 Å². The number of hydrogen-bond donors (Lipinski definition) is 0. The van der Waals surface area contributed by atoms with Crippen molar-refractivity contribution in [2.24, 2.45) is 4.99 Å². The molecule has 0 radical (unpaired) electrons. The lowest BCUT2D eigenvalue weighted by Crippen LogP contribution is -2.38. The Labute approximate surface area is 286 Å². The number of nitro groups is 1. The quantitative estimate of drug-likeness (QED) is 0.110. The van der Waals surface area contributed by atoms with Crippen LogP contribution in [0, 0.1) is 25.0 Å². The van der Waals surface area contributed by atoms with E-state index in [4.69, 9.17) is 14.5 Å². The lowest BCUT2D eigenvalue weighted by molar-refractivity contribution is -0.384. The number of allylic oxidation sites excluding steroid dienone is 1. The molecule has 0 N–H and O–H groups in total. The van der Waals surface area contributed by atoms with Crippen molar-refractivity contribution in [1.29, 1.82) is 5.26 Å². The fraction of sp³-hybridized carbons (Fsp3) is 0.139. The van der Waals surface area contributed by atoms with Crippen molar-refractivity contribution in [2.45, 2.75) is 25.5 Å². The van der Waals surface area contributed by atoms with Crippen LogP contribution in [0.4, 0.5) is 5.69 Å². The van der Waals surface area contributed by atoms with Crippen molar-refractivity contribution in [3.05, 3.63) is 157 Å². The summed E-state index contributed by atoms with van der Waals surface area (Å²) in [6, 6.07) is 27.3. The molecule has 1 aromatic heterocycles. The topological polar surface area (TPSA) is 120 Å². The fourth-order valence-electron chi connectivity index (χ4n) is 6.15. The van der Waals surface area contributed by atoms with E-state index in [9.17, 15) is 20.2 Å². The molecule has 9 nitrogen and oxygen atoms in total. The average Bonchev–Trinajstić information content (AvgIpc) is 3.40. The third-order valence-electron chi connectivity index (χ3n) is 8.33. The summed E-state index contributed by atoms with van der Waals surface area (Å²) in [6.45, 7) is 0.194. The largest absolute Gasteiger partial charge is 0.493 e. The van der Waals surface area contributed by atoms with E-state index in [0.717, 1.165) is 38.0 Å². The van der Waals surface area contributed by atoms with E-state index < -0.39 is 11.0 Å². The summed E-state index contributed by atoms with van der Waals surface area (Å²) in [4.78, 5) is 31.1. The average molecular weight is 753 g/mol. The van der Waals surface area contributed by atoms with E-state index in [0.29, 0.717) is 38.4 Å². The molecule has 11 heteroatoms. The predicted molar refractivity (Wildman–Crippen MR) is 187 cm³/mol. The molecule has 0 fully saturated rings. The van der Waals surface area contributed by atoms with Gasteiger partial charge in [0.05, 0.1) is 43.5 Å². The normalized spacial score (nSPS) is 15.2. The van der Waals surface area contributed by atoms with E-state index in [1.165, 1.54) is 23.0 Å². The number of rotatable bonds is 7. The Hall–Kier alpha value is -5.06. The van der Waals surface area contributed by atoms with Gasteiger partial charge in [-0.25, -0.2) is 4.99 Å². The number of ether oxygens (including phenoxy) is 2. The van der Waals surface area contributed by atoms with Crippen LogP contribution in [0.3, 0.4) is 0 Å². The van der Waals surface area contributed by atoms with Crippen LogP contribution >= 0.6 is 33.9 Å². The molecule has 2 heterocycles. The number of hydrogen-bond acceptors (Lipinski definition) is 8. The minimum absolute atomic E-state index is 0.0277. The smallest absolute Gasteiger partial charge is 0.271 e. The van der Waals surface area contributed by atoms with Crippen LogP contribution in [0.5, 0.6) is 11.5 Å². The number of methoxy groups -OCH3 is 1. The molecule has 7 rings (SSSR count). The molecule has 1 atom stereocenters. The second kappa shape index (κ2) is 12.6. The lowest BCUT2D eigenvalue weighted by Gasteiger charge is -2.30. The summed E-state index contributed by atoms with van der Waals surface area (Å²) in [5, 5.41) is 21.2. The van der Waals surface area contributed by atoms with Gasteiger partial charge in [-0.3, -0.25) is 19.5 Å². The Morgan fingerprint density at radius 2 is 1.91 bits per heavy atom.